The van der Waals surface area contributed by atoms with Gasteiger partial charge in [-0.15, -0.1) is 10.2 Å². The van der Waals surface area contributed by atoms with Crippen molar-refractivity contribution in [2.75, 3.05) is 7.11 Å². The van der Waals surface area contributed by atoms with Gasteiger partial charge >= 0.3 is 0 Å². The second-order valence-electron chi connectivity index (χ2n) is 4.45. The van der Waals surface area contributed by atoms with Gasteiger partial charge in [0.05, 0.1) is 7.11 Å². The molecule has 0 bridgehead atoms. The molecule has 0 radical (unpaired) electrons. The van der Waals surface area contributed by atoms with Crippen molar-refractivity contribution in [3.63, 3.8) is 0 Å². The van der Waals surface area contributed by atoms with E-state index in [0.29, 0.717) is 16.6 Å². The van der Waals surface area contributed by atoms with E-state index in [1.165, 1.54) is 0 Å². The van der Waals surface area contributed by atoms with E-state index in [4.69, 9.17) is 16.3 Å². The van der Waals surface area contributed by atoms with Gasteiger partial charge in [-0.3, -0.25) is 0 Å². The van der Waals surface area contributed by atoms with Crippen molar-refractivity contribution in [3.05, 3.63) is 34.6 Å². The van der Waals surface area contributed by atoms with E-state index in [-0.39, 0.29) is 6.61 Å². The Morgan fingerprint density at radius 2 is 2.19 bits per heavy atom. The number of hydrogen-bond donors (Lipinski definition) is 1. The first-order valence-electron chi connectivity index (χ1n) is 6.67. The number of ether oxygens (including phenoxy) is 1. The molecular weight excluding hydrogens is 310 g/mol. The van der Waals surface area contributed by atoms with Crippen molar-refractivity contribution in [1.29, 1.82) is 0 Å². The predicted molar refractivity (Wildman–Crippen MR) is 83.8 cm³/mol. The zero-order valence-electron chi connectivity index (χ0n) is 12.0. The fourth-order valence-corrected chi connectivity index (χ4v) is 3.15. The molecule has 21 heavy (non-hydrogen) atoms. The minimum absolute atomic E-state index is 0.103. The summed E-state index contributed by atoms with van der Waals surface area (Å²) in [5.41, 5.74) is 1.01. The molecule has 1 aromatic carbocycles. The number of thioether (sulfide) groups is 1. The molecule has 1 heterocycles. The molecule has 1 aromatic heterocycles. The Morgan fingerprint density at radius 1 is 1.38 bits per heavy atom. The fourth-order valence-electron chi connectivity index (χ4n) is 1.99. The Morgan fingerprint density at radius 3 is 2.86 bits per heavy atom. The SMILES string of the molecule is CCCn1c(CO)nnc1SCc1cc(Cl)ccc1OC. The van der Waals surface area contributed by atoms with Crippen molar-refractivity contribution in [3.8, 4) is 5.75 Å². The molecule has 0 aliphatic heterocycles. The maximum atomic E-state index is 9.29. The maximum absolute atomic E-state index is 9.29. The Kier molecular flexibility index (Phi) is 5.90. The average molecular weight is 328 g/mol. The predicted octanol–water partition coefficient (Wildman–Crippen LogP) is 3.13. The van der Waals surface area contributed by atoms with Crippen LogP contribution in [0.15, 0.2) is 23.4 Å². The molecule has 0 fully saturated rings. The van der Waals surface area contributed by atoms with E-state index in [9.17, 15) is 5.11 Å². The van der Waals surface area contributed by atoms with E-state index in [1.807, 2.05) is 16.7 Å². The standard InChI is InChI=1S/C14H18ClN3O2S/c1-3-6-18-13(8-19)16-17-14(18)21-9-10-7-11(15)4-5-12(10)20-2/h4-5,7,19H,3,6,8-9H2,1-2H3. The summed E-state index contributed by atoms with van der Waals surface area (Å²) in [6.45, 7) is 2.77. The highest BCUT2D eigenvalue weighted by molar-refractivity contribution is 7.98. The highest BCUT2D eigenvalue weighted by atomic mass is 35.5. The molecule has 0 saturated carbocycles. The van der Waals surface area contributed by atoms with Gasteiger partial charge in [-0.1, -0.05) is 30.3 Å². The lowest BCUT2D eigenvalue weighted by Crippen LogP contribution is -2.04. The first-order chi connectivity index (χ1) is 10.2. The van der Waals surface area contributed by atoms with Gasteiger partial charge in [-0.2, -0.15) is 0 Å². The Labute approximate surface area is 133 Å². The summed E-state index contributed by atoms with van der Waals surface area (Å²) < 4.78 is 7.28. The number of rotatable bonds is 7. The van der Waals surface area contributed by atoms with E-state index < -0.39 is 0 Å². The lowest BCUT2D eigenvalue weighted by molar-refractivity contribution is 0.263. The van der Waals surface area contributed by atoms with Crippen LogP contribution in [-0.2, 0) is 18.9 Å². The monoisotopic (exact) mass is 327 g/mol. The number of hydrogen-bond acceptors (Lipinski definition) is 5. The van der Waals surface area contributed by atoms with Crippen LogP contribution in [0.3, 0.4) is 0 Å². The van der Waals surface area contributed by atoms with Crippen LogP contribution >= 0.6 is 23.4 Å². The summed E-state index contributed by atoms with van der Waals surface area (Å²) in [6.07, 6.45) is 0.957. The van der Waals surface area contributed by atoms with Gasteiger partial charge in [-0.05, 0) is 24.6 Å². The first-order valence-corrected chi connectivity index (χ1v) is 8.04. The van der Waals surface area contributed by atoms with Crippen LogP contribution < -0.4 is 4.74 Å². The molecule has 2 rings (SSSR count). The second kappa shape index (κ2) is 7.68. The fraction of sp³-hybridized carbons (Fsp3) is 0.429. The van der Waals surface area contributed by atoms with E-state index in [1.54, 1.807) is 24.9 Å². The van der Waals surface area contributed by atoms with Crippen LogP contribution in [0.1, 0.15) is 24.7 Å². The van der Waals surface area contributed by atoms with Gasteiger partial charge in [-0.25, -0.2) is 0 Å². The summed E-state index contributed by atoms with van der Waals surface area (Å²) in [4.78, 5) is 0. The van der Waals surface area contributed by atoms with Crippen LogP contribution in [0.4, 0.5) is 0 Å². The number of nitrogens with zero attached hydrogens (tertiary/aromatic N) is 3. The summed E-state index contributed by atoms with van der Waals surface area (Å²) in [5, 5.41) is 18.9. The third-order valence-corrected chi connectivity index (χ3v) is 4.23. The van der Waals surface area contributed by atoms with Gasteiger partial charge in [0, 0.05) is 22.9 Å². The second-order valence-corrected chi connectivity index (χ2v) is 5.83. The smallest absolute Gasteiger partial charge is 0.191 e. The minimum atomic E-state index is -0.103. The number of aromatic nitrogens is 3. The number of aliphatic hydroxyl groups is 1. The highest BCUT2D eigenvalue weighted by Crippen LogP contribution is 2.29. The quantitative estimate of drug-likeness (QED) is 0.792. The van der Waals surface area contributed by atoms with Crippen LogP contribution in [-0.4, -0.2) is 27.0 Å². The molecule has 0 spiro atoms. The molecule has 0 aliphatic carbocycles. The zero-order chi connectivity index (χ0) is 15.2. The van der Waals surface area contributed by atoms with Gasteiger partial charge in [0.25, 0.3) is 0 Å². The van der Waals surface area contributed by atoms with Crippen molar-refractivity contribution in [2.24, 2.45) is 0 Å². The number of methoxy groups -OCH3 is 1. The molecule has 0 unspecified atom stereocenters. The molecule has 7 heteroatoms. The largest absolute Gasteiger partial charge is 0.496 e. The van der Waals surface area contributed by atoms with Crippen molar-refractivity contribution < 1.29 is 9.84 Å². The normalized spacial score (nSPS) is 10.9. The van der Waals surface area contributed by atoms with Crippen LogP contribution in [0, 0.1) is 0 Å². The lowest BCUT2D eigenvalue weighted by Gasteiger charge is -2.10. The third-order valence-electron chi connectivity index (χ3n) is 2.98. The number of aliphatic hydroxyl groups excluding tert-OH is 1. The lowest BCUT2D eigenvalue weighted by atomic mass is 10.2. The molecule has 0 aliphatic rings. The zero-order valence-corrected chi connectivity index (χ0v) is 13.6. The van der Waals surface area contributed by atoms with Gasteiger partial charge in [0.1, 0.15) is 12.4 Å². The minimum Gasteiger partial charge on any atom is -0.496 e. The van der Waals surface area contributed by atoms with E-state index in [0.717, 1.165) is 29.4 Å². The van der Waals surface area contributed by atoms with Gasteiger partial charge < -0.3 is 14.4 Å². The van der Waals surface area contributed by atoms with E-state index in [2.05, 4.69) is 17.1 Å². The molecule has 1 N–H and O–H groups in total. The van der Waals surface area contributed by atoms with E-state index >= 15 is 0 Å². The number of benzene rings is 1. The summed E-state index contributed by atoms with van der Waals surface area (Å²) in [5.74, 6) is 2.07. The molecule has 114 valence electrons. The van der Waals surface area contributed by atoms with Crippen molar-refractivity contribution in [2.45, 2.75) is 37.4 Å². The molecule has 0 saturated heterocycles. The molecule has 0 atom stereocenters. The first kappa shape index (κ1) is 16.1. The van der Waals surface area contributed by atoms with Crippen molar-refractivity contribution in [1.82, 2.24) is 14.8 Å². The summed E-state index contributed by atoms with van der Waals surface area (Å²) >= 11 is 7.59. The molecule has 5 nitrogen and oxygen atoms in total. The van der Waals surface area contributed by atoms with Crippen LogP contribution in [0.25, 0.3) is 0 Å². The average Bonchev–Trinajstić information content (AvgIpc) is 2.88. The molecular formula is C14H18ClN3O2S. The summed E-state index contributed by atoms with van der Waals surface area (Å²) in [7, 11) is 1.64. The van der Waals surface area contributed by atoms with Crippen LogP contribution in [0.2, 0.25) is 5.02 Å². The Bertz CT molecular complexity index is 604. The van der Waals surface area contributed by atoms with Crippen molar-refractivity contribution >= 4 is 23.4 Å². The Balaban J connectivity index is 2.16. The maximum Gasteiger partial charge on any atom is 0.191 e. The third kappa shape index (κ3) is 3.90. The van der Waals surface area contributed by atoms with Crippen LogP contribution in [0.5, 0.6) is 5.75 Å². The number of halogens is 1. The topological polar surface area (TPSA) is 60.2 Å². The Hall–Kier alpha value is -1.24. The highest BCUT2D eigenvalue weighted by Gasteiger charge is 2.12. The summed E-state index contributed by atoms with van der Waals surface area (Å²) in [6, 6.07) is 5.55. The molecule has 0 amide bonds. The van der Waals surface area contributed by atoms with Gasteiger partial charge in [0.15, 0.2) is 11.0 Å². The van der Waals surface area contributed by atoms with Gasteiger partial charge in [0.2, 0.25) is 0 Å². The molecule has 2 aromatic rings.